The fourth-order valence-electron chi connectivity index (χ4n) is 3.67. The highest BCUT2D eigenvalue weighted by atomic mass is 32.2. The van der Waals surface area contributed by atoms with Crippen LogP contribution in [-0.2, 0) is 14.4 Å². The predicted molar refractivity (Wildman–Crippen MR) is 102 cm³/mol. The molecule has 0 unspecified atom stereocenters. The Balaban J connectivity index is 1.66. The van der Waals surface area contributed by atoms with Crippen LogP contribution in [0.2, 0.25) is 0 Å². The summed E-state index contributed by atoms with van der Waals surface area (Å²) in [5.74, 6) is -0.940. The van der Waals surface area contributed by atoms with Crippen LogP contribution in [-0.4, -0.2) is 61.5 Å². The van der Waals surface area contributed by atoms with Crippen molar-refractivity contribution in [3.8, 4) is 0 Å². The van der Waals surface area contributed by atoms with Crippen molar-refractivity contribution < 1.29 is 19.5 Å². The smallest absolute Gasteiger partial charge is 0.352 e. The average Bonchev–Trinajstić information content (AvgIpc) is 3.01. The molecule has 1 aromatic rings. The molecule has 2 atom stereocenters. The summed E-state index contributed by atoms with van der Waals surface area (Å²) in [6.45, 7) is 4.08. The van der Waals surface area contributed by atoms with Crippen molar-refractivity contribution in [3.05, 3.63) is 40.5 Å². The van der Waals surface area contributed by atoms with Crippen LogP contribution in [0.4, 0.5) is 5.82 Å². The van der Waals surface area contributed by atoms with Crippen molar-refractivity contribution in [2.45, 2.75) is 31.7 Å². The molecule has 146 valence electrons. The summed E-state index contributed by atoms with van der Waals surface area (Å²) < 4.78 is 0. The SMILES string of the molecule is Cc1cnc(N2CCC(=CC3=C(C(=O)O)N4C(=O)[C@@H](N)[C@H]4SC3)C2=O)c(C)n1. The number of β-lactam (4-membered cyclic amide) rings is 1. The van der Waals surface area contributed by atoms with E-state index in [0.717, 1.165) is 5.69 Å². The molecule has 4 heterocycles. The van der Waals surface area contributed by atoms with Crippen molar-refractivity contribution in [1.82, 2.24) is 14.9 Å². The van der Waals surface area contributed by atoms with E-state index in [1.54, 1.807) is 24.1 Å². The number of rotatable bonds is 3. The molecule has 2 amide bonds. The van der Waals surface area contributed by atoms with Crippen LogP contribution in [0.5, 0.6) is 0 Å². The van der Waals surface area contributed by atoms with Crippen molar-refractivity contribution in [2.24, 2.45) is 5.73 Å². The van der Waals surface area contributed by atoms with Gasteiger partial charge in [-0.2, -0.15) is 0 Å². The van der Waals surface area contributed by atoms with Gasteiger partial charge in [-0.1, -0.05) is 0 Å². The molecular formula is C18H19N5O4S. The Labute approximate surface area is 165 Å². The monoisotopic (exact) mass is 401 g/mol. The first-order chi connectivity index (χ1) is 13.3. The number of aryl methyl sites for hydroxylation is 2. The van der Waals surface area contributed by atoms with E-state index >= 15 is 0 Å². The molecule has 9 nitrogen and oxygen atoms in total. The molecule has 3 N–H and O–H groups in total. The summed E-state index contributed by atoms with van der Waals surface area (Å²) >= 11 is 1.41. The van der Waals surface area contributed by atoms with Crippen molar-refractivity contribution in [1.29, 1.82) is 0 Å². The normalized spacial score (nSPS) is 26.0. The van der Waals surface area contributed by atoms with E-state index in [0.29, 0.717) is 41.4 Å². The molecule has 0 bridgehead atoms. The summed E-state index contributed by atoms with van der Waals surface area (Å²) in [6.07, 6.45) is 3.67. The summed E-state index contributed by atoms with van der Waals surface area (Å²) in [5, 5.41) is 9.26. The molecule has 2 saturated heterocycles. The number of amides is 2. The van der Waals surface area contributed by atoms with Gasteiger partial charge in [-0.15, -0.1) is 11.8 Å². The van der Waals surface area contributed by atoms with Crippen LogP contribution in [0.15, 0.2) is 29.1 Å². The Kier molecular flexibility index (Phi) is 4.47. The third kappa shape index (κ3) is 2.80. The van der Waals surface area contributed by atoms with Gasteiger partial charge >= 0.3 is 5.97 Å². The lowest BCUT2D eigenvalue weighted by Gasteiger charge is -2.47. The highest BCUT2D eigenvalue weighted by Crippen LogP contribution is 2.40. The number of fused-ring (bicyclic) bond motifs is 1. The Morgan fingerprint density at radius 1 is 1.39 bits per heavy atom. The molecule has 0 saturated carbocycles. The van der Waals surface area contributed by atoms with E-state index in [9.17, 15) is 19.5 Å². The first kappa shape index (κ1) is 18.6. The summed E-state index contributed by atoms with van der Waals surface area (Å²) in [6, 6.07) is -0.680. The Bertz CT molecular complexity index is 973. The maximum absolute atomic E-state index is 12.9. The van der Waals surface area contributed by atoms with Crippen molar-refractivity contribution >= 4 is 35.4 Å². The minimum atomic E-state index is -1.19. The highest BCUT2D eigenvalue weighted by Gasteiger charge is 2.51. The molecule has 0 aliphatic carbocycles. The van der Waals surface area contributed by atoms with Gasteiger partial charge in [0.1, 0.15) is 17.1 Å². The lowest BCUT2D eigenvalue weighted by Crippen LogP contribution is -2.68. The number of carboxylic acids is 1. The van der Waals surface area contributed by atoms with Crippen LogP contribution in [0.1, 0.15) is 17.8 Å². The van der Waals surface area contributed by atoms with Gasteiger partial charge in [0, 0.05) is 17.9 Å². The predicted octanol–water partition coefficient (Wildman–Crippen LogP) is 0.338. The van der Waals surface area contributed by atoms with E-state index in [1.165, 1.54) is 16.7 Å². The first-order valence-electron chi connectivity index (χ1n) is 8.79. The van der Waals surface area contributed by atoms with Crippen LogP contribution in [0.3, 0.4) is 0 Å². The molecule has 4 rings (SSSR count). The second-order valence-electron chi connectivity index (χ2n) is 6.91. The first-order valence-corrected chi connectivity index (χ1v) is 9.84. The third-order valence-corrected chi connectivity index (χ3v) is 6.33. The van der Waals surface area contributed by atoms with Crippen LogP contribution >= 0.6 is 11.8 Å². The van der Waals surface area contributed by atoms with Gasteiger partial charge in [0.05, 0.1) is 17.6 Å². The number of carboxylic acid groups (broad SMARTS) is 1. The van der Waals surface area contributed by atoms with E-state index in [1.807, 2.05) is 6.92 Å². The van der Waals surface area contributed by atoms with E-state index in [4.69, 9.17) is 5.73 Å². The number of nitrogens with two attached hydrogens (primary N) is 1. The number of thioether (sulfide) groups is 1. The van der Waals surface area contributed by atoms with Gasteiger partial charge in [-0.25, -0.2) is 9.78 Å². The molecule has 1 aromatic heterocycles. The number of carbonyl (C=O) groups is 3. The summed E-state index contributed by atoms with van der Waals surface area (Å²) in [7, 11) is 0. The Morgan fingerprint density at radius 3 is 2.82 bits per heavy atom. The number of anilines is 1. The number of hydrogen-bond donors (Lipinski definition) is 2. The lowest BCUT2D eigenvalue weighted by molar-refractivity contribution is -0.147. The van der Waals surface area contributed by atoms with Crippen molar-refractivity contribution in [3.63, 3.8) is 0 Å². The van der Waals surface area contributed by atoms with Crippen LogP contribution in [0, 0.1) is 13.8 Å². The molecule has 0 radical (unpaired) electrons. The largest absolute Gasteiger partial charge is 0.477 e. The number of carbonyl (C=O) groups excluding carboxylic acids is 2. The molecule has 2 fully saturated rings. The van der Waals surface area contributed by atoms with E-state index in [2.05, 4.69) is 9.97 Å². The lowest BCUT2D eigenvalue weighted by atomic mass is 10.0. The number of hydrogen-bond acceptors (Lipinski definition) is 7. The minimum absolute atomic E-state index is 0.0829. The Hall–Kier alpha value is -2.72. The number of aromatic nitrogens is 2. The number of allylic oxidation sites excluding steroid dienone is 1. The average molecular weight is 401 g/mol. The summed E-state index contributed by atoms with van der Waals surface area (Å²) in [5.41, 5.74) is 8.05. The Morgan fingerprint density at radius 2 is 2.14 bits per heavy atom. The maximum Gasteiger partial charge on any atom is 0.352 e. The minimum Gasteiger partial charge on any atom is -0.477 e. The fourth-order valence-corrected chi connectivity index (χ4v) is 4.92. The standard InChI is InChI=1S/C18H19N5O4S/c1-8-6-20-14(9(2)21-8)22-4-3-10(15(22)24)5-11-7-28-17-12(19)16(25)23(17)13(11)18(26)27/h5-6,12,17H,3-4,7,19H2,1-2H3,(H,26,27)/t12-,17-/m1/s1. The van der Waals surface area contributed by atoms with Gasteiger partial charge in [0.15, 0.2) is 5.82 Å². The third-order valence-electron chi connectivity index (χ3n) is 5.01. The molecule has 3 aliphatic heterocycles. The van der Waals surface area contributed by atoms with Gasteiger partial charge in [0.25, 0.3) is 5.91 Å². The zero-order valence-corrected chi connectivity index (χ0v) is 16.2. The molecule has 10 heteroatoms. The van der Waals surface area contributed by atoms with Gasteiger partial charge in [-0.05, 0) is 31.9 Å². The molecule has 0 aromatic carbocycles. The fraction of sp³-hybridized carbons (Fsp3) is 0.389. The highest BCUT2D eigenvalue weighted by molar-refractivity contribution is 8.00. The van der Waals surface area contributed by atoms with Crippen LogP contribution in [0.25, 0.3) is 0 Å². The van der Waals surface area contributed by atoms with Gasteiger partial charge in [-0.3, -0.25) is 24.4 Å². The molecule has 0 spiro atoms. The van der Waals surface area contributed by atoms with Gasteiger partial charge < -0.3 is 10.8 Å². The molecule has 28 heavy (non-hydrogen) atoms. The number of aliphatic carboxylic acids is 1. The topological polar surface area (TPSA) is 130 Å². The maximum atomic E-state index is 12.9. The van der Waals surface area contributed by atoms with Gasteiger partial charge in [0.2, 0.25) is 5.91 Å². The second kappa shape index (κ2) is 6.71. The van der Waals surface area contributed by atoms with E-state index in [-0.39, 0.29) is 17.0 Å². The summed E-state index contributed by atoms with van der Waals surface area (Å²) in [4.78, 5) is 48.1. The van der Waals surface area contributed by atoms with Crippen LogP contribution < -0.4 is 10.6 Å². The number of nitrogens with zero attached hydrogens (tertiary/aromatic N) is 4. The van der Waals surface area contributed by atoms with Crippen molar-refractivity contribution in [2.75, 3.05) is 17.2 Å². The molecular weight excluding hydrogens is 382 g/mol. The zero-order chi connectivity index (χ0) is 20.2. The zero-order valence-electron chi connectivity index (χ0n) is 15.4. The quantitative estimate of drug-likeness (QED) is 0.548. The second-order valence-corrected chi connectivity index (χ2v) is 8.02. The van der Waals surface area contributed by atoms with E-state index < -0.39 is 17.9 Å². The molecule has 3 aliphatic rings.